The Morgan fingerprint density at radius 2 is 1.42 bits per heavy atom. The van der Waals surface area contributed by atoms with E-state index >= 15 is 0 Å². The molecule has 15 heteroatoms. The van der Waals surface area contributed by atoms with Crippen LogP contribution in [-0.2, 0) is 42.0 Å². The van der Waals surface area contributed by atoms with Gasteiger partial charge >= 0.3 is 5.97 Å². The zero-order valence-corrected chi connectivity index (χ0v) is 34.2. The first-order valence-electron chi connectivity index (χ1n) is 20.3. The van der Waals surface area contributed by atoms with E-state index in [2.05, 4.69) is 10.8 Å². The molecule has 3 aromatic rings. The van der Waals surface area contributed by atoms with Gasteiger partial charge < -0.3 is 20.7 Å². The van der Waals surface area contributed by atoms with E-state index in [1.807, 2.05) is 42.5 Å². The van der Waals surface area contributed by atoms with Gasteiger partial charge in [0.05, 0.1) is 24.3 Å². The van der Waals surface area contributed by atoms with Crippen molar-refractivity contribution in [2.75, 3.05) is 32.7 Å². The van der Waals surface area contributed by atoms with Crippen molar-refractivity contribution in [2.45, 2.75) is 96.6 Å². The van der Waals surface area contributed by atoms with E-state index in [0.29, 0.717) is 55.5 Å². The lowest BCUT2D eigenvalue weighted by atomic mass is 10.1. The van der Waals surface area contributed by atoms with Crippen LogP contribution in [0.3, 0.4) is 0 Å². The summed E-state index contributed by atoms with van der Waals surface area (Å²) in [6.45, 7) is 6.95. The molecule has 59 heavy (non-hydrogen) atoms. The molecule has 0 spiro atoms. The average Bonchev–Trinajstić information content (AvgIpc) is 3.46. The van der Waals surface area contributed by atoms with Gasteiger partial charge in [-0.05, 0) is 88.6 Å². The number of hydrogen-bond donors (Lipinski definition) is 3. The van der Waals surface area contributed by atoms with Crippen molar-refractivity contribution in [3.8, 4) is 0 Å². The Balaban J connectivity index is 1.24. The number of esters is 1. The maximum Gasteiger partial charge on any atom is 0.323 e. The summed E-state index contributed by atoms with van der Waals surface area (Å²) in [5.74, 6) is -2.48. The summed E-state index contributed by atoms with van der Waals surface area (Å²) >= 11 is 0. The molecule has 2 aliphatic heterocycles. The van der Waals surface area contributed by atoms with Gasteiger partial charge in [0.1, 0.15) is 24.3 Å². The van der Waals surface area contributed by atoms with Crippen molar-refractivity contribution in [2.24, 2.45) is 5.73 Å². The molecule has 0 fully saturated rings. The number of unbranched alkanes of at least 4 members (excludes halogenated alkanes) is 1. The SMILES string of the molecule is CC(C)(C)OC(=O)C(N)CCC(=O)N[C@@H](CCCCNOCc1ccccc1)C(=O)N(CCCN1OCc2ccccc2C1=O)CCCN1C(=O)c2ccccc2C1=O. The first-order valence-corrected chi connectivity index (χ1v) is 20.3. The molecule has 2 heterocycles. The third kappa shape index (κ3) is 13.0. The summed E-state index contributed by atoms with van der Waals surface area (Å²) in [6, 6.07) is 21.6. The molecule has 0 radical (unpaired) electrons. The van der Waals surface area contributed by atoms with Crippen molar-refractivity contribution < 1.29 is 43.2 Å². The Morgan fingerprint density at radius 3 is 2.10 bits per heavy atom. The van der Waals surface area contributed by atoms with Gasteiger partial charge in [0.25, 0.3) is 17.7 Å². The minimum Gasteiger partial charge on any atom is -0.459 e. The predicted octanol–water partition coefficient (Wildman–Crippen LogP) is 4.30. The number of ether oxygens (including phenoxy) is 1. The zero-order chi connectivity index (χ0) is 42.4. The topological polar surface area (TPSA) is 190 Å². The van der Waals surface area contributed by atoms with Crippen molar-refractivity contribution >= 4 is 35.5 Å². The Morgan fingerprint density at radius 1 is 0.797 bits per heavy atom. The van der Waals surface area contributed by atoms with Gasteiger partial charge in [0.2, 0.25) is 11.8 Å². The minimum absolute atomic E-state index is 0.0152. The summed E-state index contributed by atoms with van der Waals surface area (Å²) in [6.07, 6.45) is 2.00. The Hall–Kier alpha value is -5.48. The number of carbonyl (C=O) groups excluding carboxylic acids is 6. The van der Waals surface area contributed by atoms with Gasteiger partial charge in [-0.1, -0.05) is 60.7 Å². The highest BCUT2D eigenvalue weighted by Crippen LogP contribution is 2.23. The van der Waals surface area contributed by atoms with Gasteiger partial charge in [-0.25, -0.2) is 10.5 Å². The Bertz CT molecular complexity index is 1900. The fraction of sp³-hybridized carbons (Fsp3) is 0.455. The first kappa shape index (κ1) is 44.6. The van der Waals surface area contributed by atoms with Gasteiger partial charge in [-0.15, -0.1) is 0 Å². The number of hydrogen-bond acceptors (Lipinski definition) is 11. The van der Waals surface area contributed by atoms with Crippen LogP contribution < -0.4 is 16.5 Å². The van der Waals surface area contributed by atoms with E-state index in [9.17, 15) is 28.8 Å². The quantitative estimate of drug-likeness (QED) is 0.0568. The minimum atomic E-state index is -1.03. The van der Waals surface area contributed by atoms with Crippen LogP contribution in [0.25, 0.3) is 0 Å². The van der Waals surface area contributed by atoms with Gasteiger partial charge in [0.15, 0.2) is 0 Å². The van der Waals surface area contributed by atoms with Crippen LogP contribution in [0.15, 0.2) is 78.9 Å². The maximum atomic E-state index is 14.5. The second kappa shape index (κ2) is 21.5. The fourth-order valence-electron chi connectivity index (χ4n) is 6.81. The van der Waals surface area contributed by atoms with Gasteiger partial charge in [-0.3, -0.25) is 43.3 Å². The molecular formula is C44H56N6O9. The molecule has 2 atom stereocenters. The summed E-state index contributed by atoms with van der Waals surface area (Å²) in [5, 5.41) is 4.18. The zero-order valence-electron chi connectivity index (χ0n) is 34.2. The molecule has 3 aromatic carbocycles. The normalized spacial score (nSPS) is 14.7. The van der Waals surface area contributed by atoms with Crippen molar-refractivity contribution in [1.29, 1.82) is 0 Å². The van der Waals surface area contributed by atoms with Gasteiger partial charge in [-0.2, -0.15) is 0 Å². The molecule has 5 amide bonds. The summed E-state index contributed by atoms with van der Waals surface area (Å²) < 4.78 is 5.36. The van der Waals surface area contributed by atoms with Crippen molar-refractivity contribution in [3.05, 3.63) is 107 Å². The van der Waals surface area contributed by atoms with Crippen LogP contribution in [0.1, 0.15) is 108 Å². The highest BCUT2D eigenvalue weighted by Gasteiger charge is 2.35. The molecule has 316 valence electrons. The second-order valence-electron chi connectivity index (χ2n) is 15.6. The first-order chi connectivity index (χ1) is 28.3. The van der Waals surface area contributed by atoms with E-state index in [0.717, 1.165) is 11.1 Å². The number of nitrogens with two attached hydrogens (primary N) is 1. The smallest absolute Gasteiger partial charge is 0.323 e. The lowest BCUT2D eigenvalue weighted by molar-refractivity contribution is -0.156. The number of nitrogens with zero attached hydrogens (tertiary/aromatic N) is 3. The summed E-state index contributed by atoms with van der Waals surface area (Å²) in [4.78, 5) is 93.8. The van der Waals surface area contributed by atoms with Crippen LogP contribution in [-0.4, -0.2) is 101 Å². The third-order valence-electron chi connectivity index (χ3n) is 9.87. The van der Waals surface area contributed by atoms with Crippen LogP contribution in [0.4, 0.5) is 0 Å². The number of rotatable bonds is 22. The van der Waals surface area contributed by atoms with Crippen molar-refractivity contribution in [3.63, 3.8) is 0 Å². The predicted molar refractivity (Wildman–Crippen MR) is 218 cm³/mol. The Labute approximate surface area is 345 Å². The fourth-order valence-corrected chi connectivity index (χ4v) is 6.81. The molecule has 0 saturated heterocycles. The van der Waals surface area contributed by atoms with E-state index in [1.54, 1.807) is 62.1 Å². The highest BCUT2D eigenvalue weighted by molar-refractivity contribution is 6.21. The molecule has 1 unspecified atom stereocenters. The van der Waals surface area contributed by atoms with E-state index in [-0.39, 0.29) is 75.7 Å². The second-order valence-corrected chi connectivity index (χ2v) is 15.6. The third-order valence-corrected chi connectivity index (χ3v) is 9.87. The average molecular weight is 813 g/mol. The number of benzene rings is 3. The summed E-state index contributed by atoms with van der Waals surface area (Å²) in [7, 11) is 0. The molecule has 0 bridgehead atoms. The Kier molecular flexibility index (Phi) is 16.3. The highest BCUT2D eigenvalue weighted by atomic mass is 16.7. The molecule has 2 aliphatic rings. The van der Waals surface area contributed by atoms with E-state index in [1.165, 1.54) is 9.96 Å². The number of fused-ring (bicyclic) bond motifs is 2. The van der Waals surface area contributed by atoms with Crippen LogP contribution in [0.5, 0.6) is 0 Å². The maximum absolute atomic E-state index is 14.5. The van der Waals surface area contributed by atoms with Crippen LogP contribution >= 0.6 is 0 Å². The van der Waals surface area contributed by atoms with Crippen LogP contribution in [0, 0.1) is 0 Å². The monoisotopic (exact) mass is 812 g/mol. The molecule has 0 aliphatic carbocycles. The molecular weight excluding hydrogens is 757 g/mol. The number of carbonyl (C=O) groups is 6. The largest absolute Gasteiger partial charge is 0.459 e. The van der Waals surface area contributed by atoms with E-state index < -0.39 is 29.6 Å². The number of nitrogens with one attached hydrogen (secondary N) is 2. The van der Waals surface area contributed by atoms with E-state index in [4.69, 9.17) is 20.1 Å². The molecule has 15 nitrogen and oxygen atoms in total. The molecule has 0 saturated carbocycles. The van der Waals surface area contributed by atoms with Crippen LogP contribution in [0.2, 0.25) is 0 Å². The number of amides is 5. The summed E-state index contributed by atoms with van der Waals surface area (Å²) in [5.41, 5.74) is 11.3. The lowest BCUT2D eigenvalue weighted by Crippen LogP contribution is -2.50. The molecule has 5 rings (SSSR count). The van der Waals surface area contributed by atoms with Crippen molar-refractivity contribution in [1.82, 2.24) is 25.7 Å². The lowest BCUT2D eigenvalue weighted by Gasteiger charge is -2.31. The number of hydroxylamine groups is 3. The standard InChI is InChI=1S/C44H56N6O9/c1-44(2,3)59-43(56)36(45)22-23-38(51)47-37(21-11-12-24-46-57-29-31-15-5-4-6-16-31)42(55)48(25-13-27-49-39(52)34-19-9-10-20-35(34)40(49)53)26-14-28-50-41(54)33-18-8-7-17-32(33)30-58-50/h4-10,15-20,36-37,46H,11-14,21-30,45H2,1-3H3,(H,47,51)/t36?,37-/m0/s1. The molecule has 4 N–H and O–H groups in total. The molecule has 0 aromatic heterocycles. The van der Waals surface area contributed by atoms with Gasteiger partial charge in [0, 0.05) is 38.2 Å². The number of imide groups is 1.